The van der Waals surface area contributed by atoms with Crippen LogP contribution in [0.5, 0.6) is 5.75 Å². The molecular weight excluding hydrogens is 373 g/mol. The van der Waals surface area contributed by atoms with Gasteiger partial charge in [0.25, 0.3) is 0 Å². The van der Waals surface area contributed by atoms with Crippen LogP contribution in [-0.2, 0) is 11.3 Å². The molecular formula is C21H24FN5O2. The zero-order valence-electron chi connectivity index (χ0n) is 16.3. The Bertz CT molecular complexity index is 997. The van der Waals surface area contributed by atoms with Gasteiger partial charge in [0, 0.05) is 24.3 Å². The van der Waals surface area contributed by atoms with E-state index in [4.69, 9.17) is 20.9 Å². The Morgan fingerprint density at radius 3 is 2.55 bits per heavy atom. The zero-order valence-corrected chi connectivity index (χ0v) is 16.3. The predicted octanol–water partition coefficient (Wildman–Crippen LogP) is 2.75. The van der Waals surface area contributed by atoms with Crippen molar-refractivity contribution in [2.45, 2.75) is 6.54 Å². The summed E-state index contributed by atoms with van der Waals surface area (Å²) >= 11 is 0. The molecule has 0 unspecified atom stereocenters. The number of hydrogen-bond acceptors (Lipinski definition) is 6. The standard InChI is InChI=1S/C21H24FN5O2/c1-28-16-4-2-14(3-5-16)13-27-21(19(23)12-25-27)17-10-15(11-18(22)20(17)24)26-6-8-29-9-7-26/h2-5,10-12H,6-9,13,23-24H2,1H3. The average molecular weight is 397 g/mol. The number of morpholine rings is 1. The van der Waals surface area contributed by atoms with Gasteiger partial charge in [-0.3, -0.25) is 4.68 Å². The topological polar surface area (TPSA) is 91.6 Å². The van der Waals surface area contributed by atoms with Crippen molar-refractivity contribution < 1.29 is 13.9 Å². The summed E-state index contributed by atoms with van der Waals surface area (Å²) in [5.74, 6) is 0.305. The van der Waals surface area contributed by atoms with Crippen LogP contribution in [-0.4, -0.2) is 43.2 Å². The van der Waals surface area contributed by atoms with Crippen LogP contribution in [0.4, 0.5) is 21.5 Å². The fourth-order valence-electron chi connectivity index (χ4n) is 3.52. The molecule has 0 saturated carbocycles. The highest BCUT2D eigenvalue weighted by molar-refractivity contribution is 5.84. The Labute approximate surface area is 168 Å². The quantitative estimate of drug-likeness (QED) is 0.644. The highest BCUT2D eigenvalue weighted by Crippen LogP contribution is 2.36. The van der Waals surface area contributed by atoms with Gasteiger partial charge in [0.15, 0.2) is 0 Å². The van der Waals surface area contributed by atoms with E-state index in [1.54, 1.807) is 18.0 Å². The predicted molar refractivity (Wildman–Crippen MR) is 112 cm³/mol. The number of nitrogens with two attached hydrogens (primary N) is 2. The number of halogens is 1. The second-order valence-electron chi connectivity index (χ2n) is 6.94. The molecule has 0 bridgehead atoms. The zero-order chi connectivity index (χ0) is 20.4. The summed E-state index contributed by atoms with van der Waals surface area (Å²) in [5.41, 5.74) is 15.7. The average Bonchev–Trinajstić information content (AvgIpc) is 3.11. The molecule has 4 N–H and O–H groups in total. The Balaban J connectivity index is 1.72. The van der Waals surface area contributed by atoms with Crippen LogP contribution in [0.15, 0.2) is 42.6 Å². The Morgan fingerprint density at radius 2 is 1.86 bits per heavy atom. The molecule has 0 atom stereocenters. The van der Waals surface area contributed by atoms with Gasteiger partial charge in [0.05, 0.1) is 50.1 Å². The van der Waals surface area contributed by atoms with Gasteiger partial charge >= 0.3 is 0 Å². The van der Waals surface area contributed by atoms with Gasteiger partial charge in [0.1, 0.15) is 11.6 Å². The van der Waals surface area contributed by atoms with Gasteiger partial charge in [-0.25, -0.2) is 4.39 Å². The number of nitrogen functional groups attached to an aromatic ring is 2. The maximum Gasteiger partial charge on any atom is 0.148 e. The van der Waals surface area contributed by atoms with Crippen LogP contribution in [0.1, 0.15) is 5.56 Å². The molecule has 1 fully saturated rings. The number of methoxy groups -OCH3 is 1. The van der Waals surface area contributed by atoms with E-state index < -0.39 is 5.82 Å². The van der Waals surface area contributed by atoms with Gasteiger partial charge in [-0.05, 0) is 29.8 Å². The lowest BCUT2D eigenvalue weighted by Gasteiger charge is -2.29. The van der Waals surface area contributed by atoms with Gasteiger partial charge in [0.2, 0.25) is 0 Å². The third-order valence-electron chi connectivity index (χ3n) is 5.10. The maximum atomic E-state index is 14.7. The summed E-state index contributed by atoms with van der Waals surface area (Å²) in [6, 6.07) is 11.0. The van der Waals surface area contributed by atoms with Crippen molar-refractivity contribution in [1.82, 2.24) is 9.78 Å². The summed E-state index contributed by atoms with van der Waals surface area (Å²) in [4.78, 5) is 2.08. The largest absolute Gasteiger partial charge is 0.497 e. The molecule has 0 radical (unpaired) electrons. The molecule has 8 heteroatoms. The minimum atomic E-state index is -0.472. The molecule has 3 aromatic rings. The van der Waals surface area contributed by atoms with E-state index in [9.17, 15) is 4.39 Å². The van der Waals surface area contributed by atoms with Crippen LogP contribution in [0.2, 0.25) is 0 Å². The first-order valence-electron chi connectivity index (χ1n) is 9.43. The summed E-state index contributed by atoms with van der Waals surface area (Å²) < 4.78 is 27.0. The van der Waals surface area contributed by atoms with E-state index >= 15 is 0 Å². The Kier molecular flexibility index (Phi) is 5.26. The molecule has 1 aromatic heterocycles. The van der Waals surface area contributed by atoms with Crippen molar-refractivity contribution >= 4 is 17.1 Å². The summed E-state index contributed by atoms with van der Waals surface area (Å²) in [7, 11) is 1.63. The molecule has 2 heterocycles. The number of ether oxygens (including phenoxy) is 2. The Morgan fingerprint density at radius 1 is 1.14 bits per heavy atom. The lowest BCUT2D eigenvalue weighted by Crippen LogP contribution is -2.36. The van der Waals surface area contributed by atoms with Crippen molar-refractivity contribution in [3.8, 4) is 17.0 Å². The third kappa shape index (κ3) is 3.84. The summed E-state index contributed by atoms with van der Waals surface area (Å²) in [5, 5.41) is 4.39. The van der Waals surface area contributed by atoms with Gasteiger partial charge in [-0.1, -0.05) is 12.1 Å². The minimum Gasteiger partial charge on any atom is -0.497 e. The molecule has 152 valence electrons. The highest BCUT2D eigenvalue weighted by Gasteiger charge is 2.20. The molecule has 0 spiro atoms. The van der Waals surface area contributed by atoms with Crippen LogP contribution < -0.4 is 21.1 Å². The molecule has 2 aromatic carbocycles. The smallest absolute Gasteiger partial charge is 0.148 e. The molecule has 29 heavy (non-hydrogen) atoms. The van der Waals surface area contributed by atoms with Gasteiger partial charge in [-0.15, -0.1) is 0 Å². The number of nitrogens with zero attached hydrogens (tertiary/aromatic N) is 3. The van der Waals surface area contributed by atoms with Crippen LogP contribution >= 0.6 is 0 Å². The van der Waals surface area contributed by atoms with E-state index in [1.807, 2.05) is 30.3 Å². The van der Waals surface area contributed by atoms with Crippen LogP contribution in [0, 0.1) is 5.82 Å². The van der Waals surface area contributed by atoms with Crippen molar-refractivity contribution in [3.05, 3.63) is 54.0 Å². The SMILES string of the molecule is COc1ccc(Cn2ncc(N)c2-c2cc(N3CCOCC3)cc(F)c2N)cc1. The molecule has 7 nitrogen and oxygen atoms in total. The number of rotatable bonds is 5. The van der Waals surface area contributed by atoms with Crippen molar-refractivity contribution in [2.24, 2.45) is 0 Å². The molecule has 1 saturated heterocycles. The lowest BCUT2D eigenvalue weighted by molar-refractivity contribution is 0.122. The van der Waals surface area contributed by atoms with E-state index in [0.717, 1.165) is 17.0 Å². The van der Waals surface area contributed by atoms with Crippen LogP contribution in [0.3, 0.4) is 0 Å². The number of benzene rings is 2. The number of aromatic nitrogens is 2. The number of hydrogen-bond donors (Lipinski definition) is 2. The highest BCUT2D eigenvalue weighted by atomic mass is 19.1. The molecule has 0 aliphatic carbocycles. The first kappa shape index (κ1) is 19.1. The van der Waals surface area contributed by atoms with Gasteiger partial charge in [-0.2, -0.15) is 5.10 Å². The fourth-order valence-corrected chi connectivity index (χ4v) is 3.52. The van der Waals surface area contributed by atoms with E-state index in [-0.39, 0.29) is 5.69 Å². The monoisotopic (exact) mass is 397 g/mol. The first-order valence-corrected chi connectivity index (χ1v) is 9.43. The van der Waals surface area contributed by atoms with E-state index in [0.29, 0.717) is 49.8 Å². The molecule has 4 rings (SSSR count). The minimum absolute atomic E-state index is 0.0604. The lowest BCUT2D eigenvalue weighted by atomic mass is 10.1. The van der Waals surface area contributed by atoms with Crippen molar-refractivity contribution in [2.75, 3.05) is 49.8 Å². The summed E-state index contributed by atoms with van der Waals surface area (Å²) in [6.45, 7) is 3.09. The first-order chi connectivity index (χ1) is 14.1. The second-order valence-corrected chi connectivity index (χ2v) is 6.94. The molecule has 1 aliphatic heterocycles. The second kappa shape index (κ2) is 8.00. The van der Waals surface area contributed by atoms with E-state index in [2.05, 4.69) is 10.00 Å². The summed E-state index contributed by atoms with van der Waals surface area (Å²) in [6.07, 6.45) is 1.57. The van der Waals surface area contributed by atoms with Crippen molar-refractivity contribution in [3.63, 3.8) is 0 Å². The third-order valence-corrected chi connectivity index (χ3v) is 5.10. The molecule has 1 aliphatic rings. The van der Waals surface area contributed by atoms with Gasteiger partial charge < -0.3 is 25.8 Å². The van der Waals surface area contributed by atoms with Crippen molar-refractivity contribution in [1.29, 1.82) is 0 Å². The normalized spacial score (nSPS) is 14.2. The van der Waals surface area contributed by atoms with Crippen LogP contribution in [0.25, 0.3) is 11.3 Å². The van der Waals surface area contributed by atoms with E-state index in [1.165, 1.54) is 6.07 Å². The molecule has 0 amide bonds. The fraction of sp³-hybridized carbons (Fsp3) is 0.286. The Hall–Kier alpha value is -3.26. The number of anilines is 3. The maximum absolute atomic E-state index is 14.7.